The summed E-state index contributed by atoms with van der Waals surface area (Å²) in [5.41, 5.74) is 0. The van der Waals surface area contributed by atoms with Gasteiger partial charge in [-0.3, -0.25) is 4.79 Å². The van der Waals surface area contributed by atoms with E-state index in [1.54, 1.807) is 0 Å². The third-order valence-corrected chi connectivity index (χ3v) is 3.93. The predicted molar refractivity (Wildman–Crippen MR) is 64.3 cm³/mol. The first-order valence-corrected chi connectivity index (χ1v) is 6.31. The number of nitrogens with one attached hydrogen (secondary N) is 1. The summed E-state index contributed by atoms with van der Waals surface area (Å²) in [6.07, 6.45) is 3.01. The molecule has 2 heterocycles. The molecule has 0 aromatic heterocycles. The van der Waals surface area contributed by atoms with Crippen molar-refractivity contribution in [3.8, 4) is 0 Å². The SMILES string of the molecule is CN1CCC(N(C)C(=O)CC2CCNC2)C1. The lowest BCUT2D eigenvalue weighted by molar-refractivity contribution is -0.132. The third kappa shape index (κ3) is 2.74. The number of nitrogens with zero attached hydrogens (tertiary/aromatic N) is 2. The minimum Gasteiger partial charge on any atom is -0.341 e. The number of hydrogen-bond donors (Lipinski definition) is 1. The minimum absolute atomic E-state index is 0.328. The fourth-order valence-electron chi connectivity index (χ4n) is 2.71. The van der Waals surface area contributed by atoms with Crippen LogP contribution in [0.1, 0.15) is 19.3 Å². The van der Waals surface area contributed by atoms with Crippen LogP contribution in [0.15, 0.2) is 0 Å². The van der Waals surface area contributed by atoms with Gasteiger partial charge in [0, 0.05) is 26.1 Å². The van der Waals surface area contributed by atoms with E-state index in [-0.39, 0.29) is 0 Å². The Hall–Kier alpha value is -0.610. The van der Waals surface area contributed by atoms with Crippen LogP contribution in [0.4, 0.5) is 0 Å². The van der Waals surface area contributed by atoms with E-state index >= 15 is 0 Å². The third-order valence-electron chi connectivity index (χ3n) is 3.93. The molecule has 2 unspecified atom stereocenters. The second kappa shape index (κ2) is 5.15. The topological polar surface area (TPSA) is 35.6 Å². The van der Waals surface area contributed by atoms with E-state index in [2.05, 4.69) is 17.3 Å². The zero-order valence-electron chi connectivity index (χ0n) is 10.4. The molecule has 16 heavy (non-hydrogen) atoms. The Labute approximate surface area is 98.0 Å². The quantitative estimate of drug-likeness (QED) is 0.742. The summed E-state index contributed by atoms with van der Waals surface area (Å²) in [6, 6.07) is 0.437. The minimum atomic E-state index is 0.328. The normalized spacial score (nSPS) is 30.9. The van der Waals surface area contributed by atoms with Gasteiger partial charge in [-0.15, -0.1) is 0 Å². The Kier molecular flexibility index (Phi) is 3.82. The fourth-order valence-corrected chi connectivity index (χ4v) is 2.71. The number of rotatable bonds is 3. The summed E-state index contributed by atoms with van der Waals surface area (Å²) in [5, 5.41) is 3.31. The molecule has 0 aromatic carbocycles. The molecule has 2 aliphatic rings. The van der Waals surface area contributed by atoms with E-state index in [4.69, 9.17) is 0 Å². The van der Waals surface area contributed by atoms with E-state index in [0.29, 0.717) is 17.9 Å². The number of likely N-dealkylation sites (tertiary alicyclic amines) is 1. The maximum absolute atomic E-state index is 12.1. The Bertz CT molecular complexity index is 251. The van der Waals surface area contributed by atoms with Gasteiger partial charge in [0.15, 0.2) is 0 Å². The van der Waals surface area contributed by atoms with Gasteiger partial charge in [0.25, 0.3) is 0 Å². The molecule has 4 heteroatoms. The molecule has 0 spiro atoms. The lowest BCUT2D eigenvalue weighted by atomic mass is 10.0. The first-order chi connectivity index (χ1) is 7.66. The highest BCUT2D eigenvalue weighted by molar-refractivity contribution is 5.76. The lowest BCUT2D eigenvalue weighted by Crippen LogP contribution is -2.39. The molecule has 2 atom stereocenters. The summed E-state index contributed by atoms with van der Waals surface area (Å²) in [7, 11) is 4.09. The number of hydrogen-bond acceptors (Lipinski definition) is 3. The van der Waals surface area contributed by atoms with Crippen LogP contribution < -0.4 is 5.32 Å². The Morgan fingerprint density at radius 1 is 1.50 bits per heavy atom. The van der Waals surface area contributed by atoms with Gasteiger partial charge in [0.1, 0.15) is 0 Å². The molecule has 2 rings (SSSR count). The average molecular weight is 225 g/mol. The number of carbonyl (C=O) groups is 1. The summed E-state index contributed by atoms with van der Waals surface area (Å²) < 4.78 is 0. The summed E-state index contributed by atoms with van der Waals surface area (Å²) in [6.45, 7) is 4.25. The highest BCUT2D eigenvalue weighted by Gasteiger charge is 2.28. The molecule has 2 aliphatic heterocycles. The fraction of sp³-hybridized carbons (Fsp3) is 0.917. The molecule has 4 nitrogen and oxygen atoms in total. The van der Waals surface area contributed by atoms with Crippen LogP contribution in [0.5, 0.6) is 0 Å². The van der Waals surface area contributed by atoms with Gasteiger partial charge < -0.3 is 15.1 Å². The Balaban J connectivity index is 1.79. The standard InChI is InChI=1S/C12H23N3O/c1-14-6-4-11(9-14)15(2)12(16)7-10-3-5-13-8-10/h10-11,13H,3-9H2,1-2H3. The first kappa shape index (κ1) is 11.9. The van der Waals surface area contributed by atoms with Crippen LogP contribution in [0.2, 0.25) is 0 Å². The van der Waals surface area contributed by atoms with Gasteiger partial charge >= 0.3 is 0 Å². The number of carbonyl (C=O) groups excluding carboxylic acids is 1. The van der Waals surface area contributed by atoms with E-state index in [0.717, 1.165) is 45.4 Å². The van der Waals surface area contributed by atoms with Crippen LogP contribution >= 0.6 is 0 Å². The maximum Gasteiger partial charge on any atom is 0.222 e. The predicted octanol–water partition coefficient (Wildman–Crippen LogP) is 0.149. The van der Waals surface area contributed by atoms with Crippen molar-refractivity contribution in [3.05, 3.63) is 0 Å². The van der Waals surface area contributed by atoms with E-state index in [1.165, 1.54) is 0 Å². The molecule has 0 saturated carbocycles. The van der Waals surface area contributed by atoms with Crippen molar-refractivity contribution in [3.63, 3.8) is 0 Å². The van der Waals surface area contributed by atoms with Crippen molar-refractivity contribution in [2.75, 3.05) is 40.3 Å². The molecular formula is C12H23N3O. The second-order valence-corrected chi connectivity index (χ2v) is 5.27. The highest BCUT2D eigenvalue weighted by atomic mass is 16.2. The van der Waals surface area contributed by atoms with Crippen molar-refractivity contribution in [2.24, 2.45) is 5.92 Å². The molecule has 2 fully saturated rings. The van der Waals surface area contributed by atoms with Gasteiger partial charge in [0.05, 0.1) is 0 Å². The zero-order chi connectivity index (χ0) is 11.5. The molecular weight excluding hydrogens is 202 g/mol. The molecule has 0 bridgehead atoms. The van der Waals surface area contributed by atoms with Crippen molar-refractivity contribution < 1.29 is 4.79 Å². The van der Waals surface area contributed by atoms with E-state index < -0.39 is 0 Å². The largest absolute Gasteiger partial charge is 0.341 e. The summed E-state index contributed by atoms with van der Waals surface area (Å²) in [4.78, 5) is 16.3. The summed E-state index contributed by atoms with van der Waals surface area (Å²) >= 11 is 0. The lowest BCUT2D eigenvalue weighted by Gasteiger charge is -2.25. The van der Waals surface area contributed by atoms with Crippen molar-refractivity contribution in [1.82, 2.24) is 15.1 Å². The average Bonchev–Trinajstić information content (AvgIpc) is 2.88. The van der Waals surface area contributed by atoms with Gasteiger partial charge in [-0.25, -0.2) is 0 Å². The smallest absolute Gasteiger partial charge is 0.222 e. The molecule has 92 valence electrons. The monoisotopic (exact) mass is 225 g/mol. The van der Waals surface area contributed by atoms with Gasteiger partial charge in [-0.05, 0) is 45.4 Å². The zero-order valence-corrected chi connectivity index (χ0v) is 10.4. The van der Waals surface area contributed by atoms with E-state index in [1.807, 2.05) is 11.9 Å². The van der Waals surface area contributed by atoms with Gasteiger partial charge in [-0.1, -0.05) is 0 Å². The van der Waals surface area contributed by atoms with Crippen molar-refractivity contribution >= 4 is 5.91 Å². The van der Waals surface area contributed by atoms with Crippen LogP contribution in [0.25, 0.3) is 0 Å². The Morgan fingerprint density at radius 3 is 2.88 bits per heavy atom. The molecule has 1 amide bonds. The molecule has 2 saturated heterocycles. The first-order valence-electron chi connectivity index (χ1n) is 6.31. The highest BCUT2D eigenvalue weighted by Crippen LogP contribution is 2.17. The Morgan fingerprint density at radius 2 is 2.31 bits per heavy atom. The van der Waals surface area contributed by atoms with Crippen molar-refractivity contribution in [2.45, 2.75) is 25.3 Å². The van der Waals surface area contributed by atoms with Gasteiger partial charge in [-0.2, -0.15) is 0 Å². The molecule has 0 aliphatic carbocycles. The van der Waals surface area contributed by atoms with Gasteiger partial charge in [0.2, 0.25) is 5.91 Å². The number of amides is 1. The van der Waals surface area contributed by atoms with Crippen LogP contribution in [-0.4, -0.2) is 62.0 Å². The van der Waals surface area contributed by atoms with Crippen LogP contribution in [0, 0.1) is 5.92 Å². The molecule has 0 radical (unpaired) electrons. The summed E-state index contributed by atoms with van der Waals surface area (Å²) in [5.74, 6) is 0.892. The maximum atomic E-state index is 12.1. The molecule has 1 N–H and O–H groups in total. The molecule has 0 aromatic rings. The van der Waals surface area contributed by atoms with Crippen LogP contribution in [0.3, 0.4) is 0 Å². The second-order valence-electron chi connectivity index (χ2n) is 5.27. The number of likely N-dealkylation sites (N-methyl/N-ethyl adjacent to an activating group) is 2. The van der Waals surface area contributed by atoms with Crippen LogP contribution in [-0.2, 0) is 4.79 Å². The van der Waals surface area contributed by atoms with Crippen molar-refractivity contribution in [1.29, 1.82) is 0 Å². The van der Waals surface area contributed by atoms with E-state index in [9.17, 15) is 4.79 Å².